The van der Waals surface area contributed by atoms with Crippen molar-refractivity contribution in [1.82, 2.24) is 4.90 Å². The molecule has 0 aliphatic carbocycles. The first-order valence-electron chi connectivity index (χ1n) is 6.24. The van der Waals surface area contributed by atoms with Gasteiger partial charge in [0.05, 0.1) is 26.1 Å². The minimum Gasteiger partial charge on any atom is -0.469 e. The Morgan fingerprint density at radius 2 is 1.95 bits per heavy atom. The molecule has 0 N–H and O–H groups in total. The lowest BCUT2D eigenvalue weighted by molar-refractivity contribution is -0.175. The molecule has 1 amide bonds. The minimum absolute atomic E-state index is 0.0255. The average molecular weight is 297 g/mol. The number of amides is 1. The first-order valence-corrected chi connectivity index (χ1v) is 6.24. The Hall–Kier alpha value is -1.31. The van der Waals surface area contributed by atoms with E-state index in [-0.39, 0.29) is 43.3 Å². The van der Waals surface area contributed by atoms with Crippen LogP contribution in [0.1, 0.15) is 13.3 Å². The molecule has 1 rings (SSSR count). The molecule has 1 fully saturated rings. The highest BCUT2D eigenvalue weighted by atomic mass is 19.4. The molecule has 0 aromatic carbocycles. The SMILES string of the molecule is COC(=O)C1CN(C(=O)CCOCC(F)(F)F)CC1C. The van der Waals surface area contributed by atoms with Crippen LogP contribution in [0.15, 0.2) is 0 Å². The molecule has 0 aromatic heterocycles. The highest BCUT2D eigenvalue weighted by molar-refractivity contribution is 5.79. The zero-order chi connectivity index (χ0) is 15.3. The number of hydrogen-bond acceptors (Lipinski definition) is 4. The molecule has 8 heteroatoms. The molecule has 2 unspecified atom stereocenters. The Morgan fingerprint density at radius 3 is 2.50 bits per heavy atom. The van der Waals surface area contributed by atoms with Gasteiger partial charge in [-0.2, -0.15) is 13.2 Å². The first-order chi connectivity index (χ1) is 9.24. The zero-order valence-corrected chi connectivity index (χ0v) is 11.4. The lowest BCUT2D eigenvalue weighted by Crippen LogP contribution is -2.31. The van der Waals surface area contributed by atoms with Gasteiger partial charge in [-0.15, -0.1) is 0 Å². The molecule has 0 radical (unpaired) electrons. The van der Waals surface area contributed by atoms with E-state index in [1.165, 1.54) is 12.0 Å². The summed E-state index contributed by atoms with van der Waals surface area (Å²) in [5.74, 6) is -1.09. The van der Waals surface area contributed by atoms with Gasteiger partial charge < -0.3 is 14.4 Å². The van der Waals surface area contributed by atoms with E-state index in [0.29, 0.717) is 6.54 Å². The van der Waals surface area contributed by atoms with Crippen LogP contribution in [0.4, 0.5) is 13.2 Å². The third-order valence-electron chi connectivity index (χ3n) is 3.19. The maximum absolute atomic E-state index is 11.8. The van der Waals surface area contributed by atoms with Crippen molar-refractivity contribution in [2.24, 2.45) is 11.8 Å². The van der Waals surface area contributed by atoms with E-state index in [1.807, 2.05) is 6.92 Å². The fraction of sp³-hybridized carbons (Fsp3) is 0.833. The van der Waals surface area contributed by atoms with Crippen molar-refractivity contribution in [1.29, 1.82) is 0 Å². The summed E-state index contributed by atoms with van der Waals surface area (Å²) in [7, 11) is 1.28. The summed E-state index contributed by atoms with van der Waals surface area (Å²) in [5, 5.41) is 0. The molecule has 0 bridgehead atoms. The van der Waals surface area contributed by atoms with E-state index < -0.39 is 12.8 Å². The highest BCUT2D eigenvalue weighted by Gasteiger charge is 2.37. The standard InChI is InChI=1S/C12H18F3NO4/c1-8-5-16(6-9(8)11(18)19-2)10(17)3-4-20-7-12(13,14)15/h8-9H,3-7H2,1-2H3. The van der Waals surface area contributed by atoms with Gasteiger partial charge in [0, 0.05) is 13.1 Å². The second-order valence-electron chi connectivity index (χ2n) is 4.82. The molecule has 2 atom stereocenters. The summed E-state index contributed by atoms with van der Waals surface area (Å²) < 4.78 is 44.5. The van der Waals surface area contributed by atoms with E-state index in [1.54, 1.807) is 0 Å². The van der Waals surface area contributed by atoms with Crippen LogP contribution in [0.25, 0.3) is 0 Å². The number of hydrogen-bond donors (Lipinski definition) is 0. The van der Waals surface area contributed by atoms with Gasteiger partial charge in [0.15, 0.2) is 0 Å². The third-order valence-corrected chi connectivity index (χ3v) is 3.19. The van der Waals surface area contributed by atoms with Crippen molar-refractivity contribution >= 4 is 11.9 Å². The number of nitrogens with zero attached hydrogens (tertiary/aromatic N) is 1. The summed E-state index contributed by atoms with van der Waals surface area (Å²) >= 11 is 0. The summed E-state index contributed by atoms with van der Waals surface area (Å²) in [6, 6.07) is 0. The number of methoxy groups -OCH3 is 1. The summed E-state index contributed by atoms with van der Waals surface area (Å²) in [6.07, 6.45) is -4.52. The Bertz CT molecular complexity index is 359. The van der Waals surface area contributed by atoms with Gasteiger partial charge in [-0.1, -0.05) is 6.92 Å². The van der Waals surface area contributed by atoms with Gasteiger partial charge in [0.25, 0.3) is 0 Å². The van der Waals surface area contributed by atoms with E-state index >= 15 is 0 Å². The van der Waals surface area contributed by atoms with Gasteiger partial charge in [-0.25, -0.2) is 0 Å². The van der Waals surface area contributed by atoms with Crippen LogP contribution in [0.3, 0.4) is 0 Å². The van der Waals surface area contributed by atoms with E-state index in [4.69, 9.17) is 0 Å². The molecule has 116 valence electrons. The first kappa shape index (κ1) is 16.7. The van der Waals surface area contributed by atoms with Crippen LogP contribution in [0.2, 0.25) is 0 Å². The van der Waals surface area contributed by atoms with Crippen LogP contribution in [0, 0.1) is 11.8 Å². The number of carbonyl (C=O) groups excluding carboxylic acids is 2. The maximum Gasteiger partial charge on any atom is 0.411 e. The fourth-order valence-corrected chi connectivity index (χ4v) is 2.13. The van der Waals surface area contributed by atoms with Crippen LogP contribution in [-0.2, 0) is 19.1 Å². The fourth-order valence-electron chi connectivity index (χ4n) is 2.13. The molecule has 1 aliphatic rings. The second-order valence-corrected chi connectivity index (χ2v) is 4.82. The van der Waals surface area contributed by atoms with Gasteiger partial charge in [-0.05, 0) is 5.92 Å². The topological polar surface area (TPSA) is 55.8 Å². The van der Waals surface area contributed by atoms with Gasteiger partial charge in [0.1, 0.15) is 6.61 Å². The second kappa shape index (κ2) is 6.92. The maximum atomic E-state index is 11.8. The minimum atomic E-state index is -4.39. The van der Waals surface area contributed by atoms with Crippen LogP contribution in [0.5, 0.6) is 0 Å². The normalized spacial score (nSPS) is 22.9. The predicted octanol–water partition coefficient (Wildman–Crippen LogP) is 1.22. The van der Waals surface area contributed by atoms with Gasteiger partial charge >= 0.3 is 12.1 Å². The number of rotatable bonds is 5. The quantitative estimate of drug-likeness (QED) is 0.565. The van der Waals surface area contributed by atoms with Crippen molar-refractivity contribution in [3.8, 4) is 0 Å². The van der Waals surface area contributed by atoms with E-state index in [9.17, 15) is 22.8 Å². The number of ether oxygens (including phenoxy) is 2. The summed E-state index contributed by atoms with van der Waals surface area (Å²) in [5.41, 5.74) is 0. The zero-order valence-electron chi connectivity index (χ0n) is 11.4. The van der Waals surface area contributed by atoms with Crippen molar-refractivity contribution in [3.05, 3.63) is 0 Å². The molecule has 0 aromatic rings. The van der Waals surface area contributed by atoms with Gasteiger partial charge in [-0.3, -0.25) is 9.59 Å². The van der Waals surface area contributed by atoms with Crippen molar-refractivity contribution < 1.29 is 32.2 Å². The van der Waals surface area contributed by atoms with Crippen molar-refractivity contribution in [2.75, 3.05) is 33.4 Å². The largest absolute Gasteiger partial charge is 0.469 e. The summed E-state index contributed by atoms with van der Waals surface area (Å²) in [4.78, 5) is 24.7. The molecule has 1 aliphatic heterocycles. The van der Waals surface area contributed by atoms with E-state index in [0.717, 1.165) is 0 Å². The monoisotopic (exact) mass is 297 g/mol. The number of likely N-dealkylation sites (tertiary alicyclic amines) is 1. The van der Waals surface area contributed by atoms with Crippen LogP contribution in [-0.4, -0.2) is 56.4 Å². The smallest absolute Gasteiger partial charge is 0.411 e. The molecule has 0 saturated carbocycles. The Balaban J connectivity index is 2.33. The molecule has 1 heterocycles. The number of esters is 1. The Morgan fingerprint density at radius 1 is 1.30 bits per heavy atom. The highest BCUT2D eigenvalue weighted by Crippen LogP contribution is 2.24. The molecule has 5 nitrogen and oxygen atoms in total. The van der Waals surface area contributed by atoms with Crippen molar-refractivity contribution in [2.45, 2.75) is 19.5 Å². The van der Waals surface area contributed by atoms with Gasteiger partial charge in [0.2, 0.25) is 5.91 Å². The third kappa shape index (κ3) is 4.99. The summed E-state index contributed by atoms with van der Waals surface area (Å²) in [6.45, 7) is 0.826. The van der Waals surface area contributed by atoms with Crippen LogP contribution < -0.4 is 0 Å². The number of halogens is 3. The van der Waals surface area contributed by atoms with Crippen LogP contribution >= 0.6 is 0 Å². The molecule has 20 heavy (non-hydrogen) atoms. The Labute approximate surface area is 115 Å². The molecule has 1 saturated heterocycles. The van der Waals surface area contributed by atoms with E-state index in [2.05, 4.69) is 9.47 Å². The molecular formula is C12H18F3NO4. The molecular weight excluding hydrogens is 279 g/mol. The predicted molar refractivity (Wildman–Crippen MR) is 62.7 cm³/mol. The molecule has 0 spiro atoms. The number of carbonyl (C=O) groups is 2. The van der Waals surface area contributed by atoms with Crippen molar-refractivity contribution in [3.63, 3.8) is 0 Å². The lowest BCUT2D eigenvalue weighted by atomic mass is 9.99. The number of alkyl halides is 3. The Kier molecular flexibility index (Phi) is 5.79. The average Bonchev–Trinajstić information content (AvgIpc) is 2.74. The lowest BCUT2D eigenvalue weighted by Gasteiger charge is -2.16.